The van der Waals surface area contributed by atoms with Crippen LogP contribution >= 0.6 is 0 Å². The molecular formula is C27H29N5O2. The third kappa shape index (κ3) is 4.12. The summed E-state index contributed by atoms with van der Waals surface area (Å²) in [7, 11) is 3.51. The molecule has 0 amide bonds. The summed E-state index contributed by atoms with van der Waals surface area (Å²) in [6.45, 7) is 10.5. The van der Waals surface area contributed by atoms with E-state index in [-0.39, 0.29) is 5.56 Å². The predicted molar refractivity (Wildman–Crippen MR) is 137 cm³/mol. The summed E-state index contributed by atoms with van der Waals surface area (Å²) in [5.41, 5.74) is 5.66. The predicted octanol–water partition coefficient (Wildman–Crippen LogP) is 5.33. The lowest BCUT2D eigenvalue weighted by Gasteiger charge is -2.11. The highest BCUT2D eigenvalue weighted by Crippen LogP contribution is 2.37. The van der Waals surface area contributed by atoms with Crippen LogP contribution in [0.2, 0.25) is 0 Å². The molecule has 0 fully saturated rings. The number of aromatic nitrogens is 5. The number of hydrogen-bond donors (Lipinski definition) is 1. The van der Waals surface area contributed by atoms with Crippen LogP contribution in [0.25, 0.3) is 33.9 Å². The summed E-state index contributed by atoms with van der Waals surface area (Å²) in [5, 5.41) is 4.69. The number of methoxy groups -OCH3 is 1. The van der Waals surface area contributed by atoms with Gasteiger partial charge in [-0.15, -0.1) is 5.10 Å². The number of nitrogens with zero attached hydrogens (tertiary/aromatic N) is 4. The van der Waals surface area contributed by atoms with Gasteiger partial charge in [0.05, 0.1) is 7.11 Å². The number of hydrogen-bond acceptors (Lipinski definition) is 4. The van der Waals surface area contributed by atoms with Crippen molar-refractivity contribution in [2.24, 2.45) is 7.05 Å². The van der Waals surface area contributed by atoms with Gasteiger partial charge in [-0.2, -0.15) is 0 Å². The zero-order valence-corrected chi connectivity index (χ0v) is 20.2. The zero-order chi connectivity index (χ0) is 24.4. The normalized spacial score (nSPS) is 12.1. The second-order valence-electron chi connectivity index (χ2n) is 8.26. The van der Waals surface area contributed by atoms with Crippen LogP contribution in [0.5, 0.6) is 5.75 Å². The van der Waals surface area contributed by atoms with Crippen LogP contribution in [-0.4, -0.2) is 31.3 Å². The molecule has 174 valence electrons. The van der Waals surface area contributed by atoms with Crippen LogP contribution in [-0.2, 0) is 7.05 Å². The Labute approximate surface area is 198 Å². The molecule has 0 aliphatic carbocycles. The lowest BCUT2D eigenvalue weighted by molar-refractivity contribution is 0.412. The Morgan fingerprint density at radius 1 is 1.29 bits per heavy atom. The highest BCUT2D eigenvalue weighted by Gasteiger charge is 2.21. The van der Waals surface area contributed by atoms with Crippen molar-refractivity contribution < 1.29 is 4.74 Å². The molecule has 0 saturated carbocycles. The lowest BCUT2D eigenvalue weighted by atomic mass is 9.94. The molecule has 0 spiro atoms. The summed E-state index contributed by atoms with van der Waals surface area (Å²) < 4.78 is 8.98. The van der Waals surface area contributed by atoms with E-state index in [0.717, 1.165) is 40.0 Å². The number of H-pyrrole nitrogens is 1. The molecule has 3 heterocycles. The standard InChI is InChI=1S/C27H29N5O2/c1-7-17(2)10-8-11-18(3)23-21(20-12-9-13-22(34-6)19(20)4)16-32-24(23)27(33)29-25(30-32)26-28-14-15-31(26)5/h8-16H,3,7H2,1-2,4-6H3,(H,29,30,33)/b11-8-,17-10-. The maximum absolute atomic E-state index is 13.4. The van der Waals surface area contributed by atoms with E-state index in [9.17, 15) is 4.79 Å². The van der Waals surface area contributed by atoms with Crippen LogP contribution in [0, 0.1) is 6.92 Å². The van der Waals surface area contributed by atoms with Crippen molar-refractivity contribution in [3.63, 3.8) is 0 Å². The average molecular weight is 456 g/mol. The van der Waals surface area contributed by atoms with Gasteiger partial charge in [0.25, 0.3) is 5.56 Å². The fourth-order valence-corrected chi connectivity index (χ4v) is 3.97. The Morgan fingerprint density at radius 3 is 2.76 bits per heavy atom. The van der Waals surface area contributed by atoms with Gasteiger partial charge in [0, 0.05) is 36.8 Å². The van der Waals surface area contributed by atoms with Gasteiger partial charge >= 0.3 is 0 Å². The van der Waals surface area contributed by atoms with Crippen molar-refractivity contribution in [1.29, 1.82) is 0 Å². The third-order valence-electron chi connectivity index (χ3n) is 6.03. The molecule has 3 aromatic heterocycles. The molecule has 0 radical (unpaired) electrons. The van der Waals surface area contributed by atoms with Gasteiger partial charge in [-0.05, 0) is 43.0 Å². The molecule has 0 saturated heterocycles. The van der Waals surface area contributed by atoms with Crippen LogP contribution in [0.1, 0.15) is 31.4 Å². The number of allylic oxidation sites excluding steroid dienone is 5. The van der Waals surface area contributed by atoms with E-state index in [1.165, 1.54) is 5.57 Å². The van der Waals surface area contributed by atoms with E-state index in [2.05, 4.69) is 36.5 Å². The largest absolute Gasteiger partial charge is 0.496 e. The van der Waals surface area contributed by atoms with Crippen molar-refractivity contribution >= 4 is 11.1 Å². The molecule has 4 aromatic rings. The SMILES string of the molecule is C=C(/C=C\C=C(\C)CC)c1c(-c2cccc(OC)c2C)cn2nc(-c3nccn3C)[nH]c(=O)c12. The fourth-order valence-electron chi connectivity index (χ4n) is 3.97. The highest BCUT2D eigenvalue weighted by molar-refractivity contribution is 5.94. The molecule has 4 rings (SSSR count). The van der Waals surface area contributed by atoms with E-state index < -0.39 is 0 Å². The Hall–Kier alpha value is -4.13. The quantitative estimate of drug-likeness (QED) is 0.382. The smallest absolute Gasteiger partial charge is 0.276 e. The molecule has 0 unspecified atom stereocenters. The fraction of sp³-hybridized carbons (Fsp3) is 0.222. The van der Waals surface area contributed by atoms with E-state index in [0.29, 0.717) is 17.2 Å². The summed E-state index contributed by atoms with van der Waals surface area (Å²) in [6.07, 6.45) is 12.3. The monoisotopic (exact) mass is 455 g/mol. The van der Waals surface area contributed by atoms with Crippen molar-refractivity contribution in [2.75, 3.05) is 7.11 Å². The Bertz CT molecular complexity index is 1500. The number of fused-ring (bicyclic) bond motifs is 1. The van der Waals surface area contributed by atoms with Gasteiger partial charge in [0.1, 0.15) is 11.3 Å². The maximum Gasteiger partial charge on any atom is 0.276 e. The summed E-state index contributed by atoms with van der Waals surface area (Å²) in [4.78, 5) is 20.6. The summed E-state index contributed by atoms with van der Waals surface area (Å²) in [5.74, 6) is 1.74. The maximum atomic E-state index is 13.4. The molecule has 7 heteroatoms. The molecule has 0 bridgehead atoms. The van der Waals surface area contributed by atoms with Crippen LogP contribution in [0.4, 0.5) is 0 Å². The highest BCUT2D eigenvalue weighted by atomic mass is 16.5. The second kappa shape index (κ2) is 9.39. The van der Waals surface area contributed by atoms with Gasteiger partial charge < -0.3 is 14.3 Å². The van der Waals surface area contributed by atoms with Gasteiger partial charge in [0.2, 0.25) is 0 Å². The second-order valence-corrected chi connectivity index (χ2v) is 8.26. The molecule has 0 aliphatic rings. The number of nitrogens with one attached hydrogen (secondary N) is 1. The molecule has 1 aromatic carbocycles. The Kier molecular flexibility index (Phi) is 6.36. The van der Waals surface area contributed by atoms with Crippen molar-refractivity contribution in [1.82, 2.24) is 24.1 Å². The number of rotatable bonds is 7. The van der Waals surface area contributed by atoms with Crippen LogP contribution < -0.4 is 10.3 Å². The minimum Gasteiger partial charge on any atom is -0.496 e. The average Bonchev–Trinajstić information content (AvgIpc) is 3.42. The van der Waals surface area contributed by atoms with Gasteiger partial charge in [-0.25, -0.2) is 9.50 Å². The van der Waals surface area contributed by atoms with Crippen molar-refractivity contribution in [3.05, 3.63) is 88.7 Å². The Morgan fingerprint density at radius 2 is 2.09 bits per heavy atom. The number of benzene rings is 1. The molecule has 0 aliphatic heterocycles. The van der Waals surface area contributed by atoms with Gasteiger partial charge in [0.15, 0.2) is 11.6 Å². The topological polar surface area (TPSA) is 77.2 Å². The van der Waals surface area contributed by atoms with E-state index in [4.69, 9.17) is 9.84 Å². The zero-order valence-electron chi connectivity index (χ0n) is 20.2. The molecule has 0 atom stereocenters. The van der Waals surface area contributed by atoms with Crippen LogP contribution in [0.15, 0.2) is 72.0 Å². The Balaban J connectivity index is 1.99. The minimum absolute atomic E-state index is 0.260. The van der Waals surface area contributed by atoms with E-state index in [1.54, 1.807) is 17.8 Å². The van der Waals surface area contributed by atoms with E-state index >= 15 is 0 Å². The van der Waals surface area contributed by atoms with Crippen LogP contribution in [0.3, 0.4) is 0 Å². The molecule has 1 N–H and O–H groups in total. The minimum atomic E-state index is -0.260. The van der Waals surface area contributed by atoms with Crippen molar-refractivity contribution in [2.45, 2.75) is 27.2 Å². The molecular weight excluding hydrogens is 426 g/mol. The van der Waals surface area contributed by atoms with E-state index in [1.807, 2.05) is 61.3 Å². The number of ether oxygens (including phenoxy) is 1. The molecule has 34 heavy (non-hydrogen) atoms. The molecule has 7 nitrogen and oxygen atoms in total. The first-order chi connectivity index (χ1) is 16.3. The lowest BCUT2D eigenvalue weighted by Crippen LogP contribution is -2.15. The summed E-state index contributed by atoms with van der Waals surface area (Å²) >= 11 is 0. The first-order valence-electron chi connectivity index (χ1n) is 11.2. The number of aromatic amines is 1. The van der Waals surface area contributed by atoms with Crippen molar-refractivity contribution in [3.8, 4) is 28.5 Å². The van der Waals surface area contributed by atoms with Gasteiger partial charge in [-0.1, -0.05) is 49.4 Å². The first-order valence-corrected chi connectivity index (χ1v) is 11.2. The summed E-state index contributed by atoms with van der Waals surface area (Å²) in [6, 6.07) is 5.88. The number of aryl methyl sites for hydroxylation is 1. The van der Waals surface area contributed by atoms with Gasteiger partial charge in [-0.3, -0.25) is 4.79 Å². The third-order valence-corrected chi connectivity index (χ3v) is 6.03. The number of imidazole rings is 1. The first kappa shape index (κ1) is 23.0.